The molecular weight excluding hydrogens is 540 g/mol. The summed E-state index contributed by atoms with van der Waals surface area (Å²) in [6.07, 6.45) is 0.739. The molecule has 4 rings (SSSR count). The van der Waals surface area contributed by atoms with Crippen molar-refractivity contribution in [1.82, 2.24) is 20.0 Å². The van der Waals surface area contributed by atoms with E-state index in [-0.39, 0.29) is 18.5 Å². The topological polar surface area (TPSA) is 110 Å². The first kappa shape index (κ1) is 30.7. The van der Waals surface area contributed by atoms with Crippen molar-refractivity contribution in [1.29, 1.82) is 0 Å². The molecular formula is C31H40N4O7. The quantitative estimate of drug-likeness (QED) is 0.426. The summed E-state index contributed by atoms with van der Waals surface area (Å²) in [4.78, 5) is 45.9. The van der Waals surface area contributed by atoms with Crippen molar-refractivity contribution in [3.63, 3.8) is 0 Å². The van der Waals surface area contributed by atoms with Gasteiger partial charge in [-0.25, -0.2) is 9.59 Å². The van der Waals surface area contributed by atoms with Crippen LogP contribution in [-0.2, 0) is 9.53 Å². The van der Waals surface area contributed by atoms with Crippen LogP contribution in [-0.4, -0.2) is 99.8 Å². The summed E-state index contributed by atoms with van der Waals surface area (Å²) in [5, 5.41) is 2.99. The lowest BCUT2D eigenvalue weighted by atomic mass is 9.93. The number of esters is 1. The molecule has 0 aliphatic carbocycles. The fraction of sp³-hybridized carbons (Fsp3) is 0.452. The van der Waals surface area contributed by atoms with Gasteiger partial charge in [0.15, 0.2) is 0 Å². The Bertz CT molecular complexity index is 1330. The summed E-state index contributed by atoms with van der Waals surface area (Å²) in [6, 6.07) is 11.3. The van der Waals surface area contributed by atoms with Gasteiger partial charge in [-0.15, -0.1) is 0 Å². The molecule has 1 saturated heterocycles. The van der Waals surface area contributed by atoms with Crippen molar-refractivity contribution < 1.29 is 33.3 Å². The molecule has 1 atom stereocenters. The number of hydrogen-bond acceptors (Lipinski definition) is 8. The molecule has 2 aromatic carbocycles. The van der Waals surface area contributed by atoms with Gasteiger partial charge in [-0.1, -0.05) is 6.07 Å². The van der Waals surface area contributed by atoms with Gasteiger partial charge in [0.1, 0.15) is 17.2 Å². The summed E-state index contributed by atoms with van der Waals surface area (Å²) in [6.45, 7) is 6.85. The summed E-state index contributed by atoms with van der Waals surface area (Å²) < 4.78 is 21.9. The van der Waals surface area contributed by atoms with Crippen LogP contribution < -0.4 is 19.5 Å². The average molecular weight is 581 g/mol. The van der Waals surface area contributed by atoms with Crippen molar-refractivity contribution in [3.05, 3.63) is 64.9 Å². The molecule has 1 unspecified atom stereocenters. The summed E-state index contributed by atoms with van der Waals surface area (Å²) in [5.41, 5.74) is 2.08. The summed E-state index contributed by atoms with van der Waals surface area (Å²) >= 11 is 0. The van der Waals surface area contributed by atoms with E-state index in [2.05, 4.69) is 10.2 Å². The van der Waals surface area contributed by atoms with E-state index in [0.29, 0.717) is 78.9 Å². The van der Waals surface area contributed by atoms with Crippen LogP contribution in [0.5, 0.6) is 17.2 Å². The van der Waals surface area contributed by atoms with E-state index in [1.54, 1.807) is 69.6 Å². The van der Waals surface area contributed by atoms with Gasteiger partial charge in [0.25, 0.3) is 5.91 Å². The molecule has 3 amide bonds. The molecule has 0 aromatic heterocycles. The van der Waals surface area contributed by atoms with E-state index in [9.17, 15) is 14.4 Å². The maximum atomic E-state index is 13.6. The monoisotopic (exact) mass is 580 g/mol. The predicted molar refractivity (Wildman–Crippen MR) is 157 cm³/mol. The minimum atomic E-state index is -0.808. The fourth-order valence-electron chi connectivity index (χ4n) is 5.44. The van der Waals surface area contributed by atoms with Gasteiger partial charge < -0.3 is 29.2 Å². The fourth-order valence-corrected chi connectivity index (χ4v) is 5.44. The van der Waals surface area contributed by atoms with Crippen LogP contribution in [0.2, 0.25) is 0 Å². The van der Waals surface area contributed by atoms with Crippen LogP contribution in [0.1, 0.15) is 42.2 Å². The van der Waals surface area contributed by atoms with E-state index >= 15 is 0 Å². The number of carbonyl (C=O) groups is 3. The SMILES string of the molecule is CCOC(=O)C1=C(CN2CCCN(C(=O)c3cccc(OC)c3)CC2)N(CC)C(=O)NC1c1cc(OC)ccc1OC. The summed E-state index contributed by atoms with van der Waals surface area (Å²) in [7, 11) is 4.67. The van der Waals surface area contributed by atoms with Crippen LogP contribution in [0.4, 0.5) is 4.79 Å². The van der Waals surface area contributed by atoms with E-state index < -0.39 is 12.0 Å². The van der Waals surface area contributed by atoms with Gasteiger partial charge in [0, 0.05) is 56.1 Å². The Morgan fingerprint density at radius 1 is 0.929 bits per heavy atom. The zero-order chi connectivity index (χ0) is 30.2. The Kier molecular flexibility index (Phi) is 10.3. The number of nitrogens with one attached hydrogen (secondary N) is 1. The second kappa shape index (κ2) is 14.1. The number of methoxy groups -OCH3 is 3. The largest absolute Gasteiger partial charge is 0.497 e. The highest BCUT2D eigenvalue weighted by Gasteiger charge is 2.39. The van der Waals surface area contributed by atoms with E-state index in [1.165, 1.54) is 0 Å². The highest BCUT2D eigenvalue weighted by atomic mass is 16.5. The van der Waals surface area contributed by atoms with Crippen molar-refractivity contribution in [2.45, 2.75) is 26.3 Å². The first-order valence-corrected chi connectivity index (χ1v) is 14.2. The van der Waals surface area contributed by atoms with E-state index in [0.717, 1.165) is 6.42 Å². The van der Waals surface area contributed by atoms with Gasteiger partial charge in [-0.3, -0.25) is 14.6 Å². The summed E-state index contributed by atoms with van der Waals surface area (Å²) in [5.74, 6) is 1.14. The van der Waals surface area contributed by atoms with E-state index in [4.69, 9.17) is 18.9 Å². The maximum Gasteiger partial charge on any atom is 0.338 e. The first-order chi connectivity index (χ1) is 20.3. The third-order valence-electron chi connectivity index (χ3n) is 7.56. The molecule has 11 nitrogen and oxygen atoms in total. The molecule has 226 valence electrons. The minimum absolute atomic E-state index is 0.0559. The molecule has 0 saturated carbocycles. The number of hydrogen-bond donors (Lipinski definition) is 1. The smallest absolute Gasteiger partial charge is 0.338 e. The van der Waals surface area contributed by atoms with Crippen LogP contribution in [0.15, 0.2) is 53.7 Å². The van der Waals surface area contributed by atoms with Crippen molar-refractivity contribution in [3.8, 4) is 17.2 Å². The number of carbonyl (C=O) groups excluding carboxylic acids is 3. The number of rotatable bonds is 10. The molecule has 2 aliphatic heterocycles. The van der Waals surface area contributed by atoms with Crippen LogP contribution in [0.25, 0.3) is 0 Å². The van der Waals surface area contributed by atoms with Gasteiger partial charge >= 0.3 is 12.0 Å². The number of ether oxygens (including phenoxy) is 4. The molecule has 2 aromatic rings. The molecule has 1 N–H and O–H groups in total. The Labute approximate surface area is 246 Å². The molecule has 1 fully saturated rings. The normalized spacial score (nSPS) is 17.8. The third kappa shape index (κ3) is 6.62. The highest BCUT2D eigenvalue weighted by molar-refractivity contribution is 5.96. The average Bonchev–Trinajstić information content (AvgIpc) is 3.25. The second-order valence-corrected chi connectivity index (χ2v) is 9.97. The number of benzene rings is 2. The lowest BCUT2D eigenvalue weighted by molar-refractivity contribution is -0.139. The van der Waals surface area contributed by atoms with Gasteiger partial charge in [-0.2, -0.15) is 0 Å². The van der Waals surface area contributed by atoms with E-state index in [1.807, 2.05) is 17.9 Å². The highest BCUT2D eigenvalue weighted by Crippen LogP contribution is 2.38. The van der Waals surface area contributed by atoms with Gasteiger partial charge in [0.2, 0.25) is 0 Å². The molecule has 42 heavy (non-hydrogen) atoms. The second-order valence-electron chi connectivity index (χ2n) is 9.97. The maximum absolute atomic E-state index is 13.6. The Balaban J connectivity index is 1.67. The van der Waals surface area contributed by atoms with Crippen LogP contribution >= 0.6 is 0 Å². The van der Waals surface area contributed by atoms with Crippen LogP contribution in [0.3, 0.4) is 0 Å². The predicted octanol–water partition coefficient (Wildman–Crippen LogP) is 3.46. The van der Waals surface area contributed by atoms with Crippen LogP contribution in [0, 0.1) is 0 Å². The lowest BCUT2D eigenvalue weighted by Gasteiger charge is -2.38. The Morgan fingerprint density at radius 3 is 2.38 bits per heavy atom. The van der Waals surface area contributed by atoms with Crippen molar-refractivity contribution >= 4 is 17.9 Å². The zero-order valence-corrected chi connectivity index (χ0v) is 25.0. The lowest BCUT2D eigenvalue weighted by Crippen LogP contribution is -2.51. The third-order valence-corrected chi connectivity index (χ3v) is 7.56. The van der Waals surface area contributed by atoms with Gasteiger partial charge in [-0.05, 0) is 56.7 Å². The molecule has 0 radical (unpaired) electrons. The number of urea groups is 1. The number of amides is 3. The minimum Gasteiger partial charge on any atom is -0.497 e. The molecule has 2 aliphatic rings. The van der Waals surface area contributed by atoms with Gasteiger partial charge in [0.05, 0.1) is 39.6 Å². The van der Waals surface area contributed by atoms with Crippen molar-refractivity contribution in [2.75, 3.05) is 67.2 Å². The van der Waals surface area contributed by atoms with Crippen molar-refractivity contribution in [2.24, 2.45) is 0 Å². The zero-order valence-electron chi connectivity index (χ0n) is 25.0. The molecule has 2 heterocycles. The molecule has 0 bridgehead atoms. The molecule has 11 heteroatoms. The number of nitrogens with zero attached hydrogens (tertiary/aromatic N) is 3. The Hall–Kier alpha value is -4.25. The first-order valence-electron chi connectivity index (χ1n) is 14.2. The Morgan fingerprint density at radius 2 is 1.69 bits per heavy atom. The molecule has 0 spiro atoms. The number of likely N-dealkylation sites (N-methyl/N-ethyl adjacent to an activating group) is 1. The standard InChI is InChI=1S/C31H40N4O7/c1-6-35-25(20-33-14-9-15-34(17-16-33)29(36)21-10-8-11-22(18-21)39-3)27(30(37)42-7-2)28(32-31(35)38)24-19-23(40-4)12-13-26(24)41-5/h8,10-13,18-19,28H,6-7,9,14-17,20H2,1-5H3,(H,32,38).